The molecule has 0 aliphatic heterocycles. The number of benzene rings is 2. The van der Waals surface area contributed by atoms with Crippen molar-refractivity contribution in [1.82, 2.24) is 5.32 Å². The van der Waals surface area contributed by atoms with Crippen LogP contribution in [0, 0.1) is 18.6 Å². The van der Waals surface area contributed by atoms with Crippen LogP contribution in [0.4, 0.5) is 8.78 Å². The van der Waals surface area contributed by atoms with Gasteiger partial charge in [0.15, 0.2) is 0 Å². The summed E-state index contributed by atoms with van der Waals surface area (Å²) in [5.74, 6) is -0.911. The first-order chi connectivity index (χ1) is 10.1. The monoisotopic (exact) mass is 289 g/mol. The number of nitrogens with one attached hydrogen (secondary N) is 1. The second kappa shape index (κ2) is 7.32. The van der Waals surface area contributed by atoms with E-state index >= 15 is 0 Å². The average molecular weight is 289 g/mol. The summed E-state index contributed by atoms with van der Waals surface area (Å²) < 4.78 is 28.1. The van der Waals surface area contributed by atoms with E-state index in [4.69, 9.17) is 0 Å². The maximum absolute atomic E-state index is 14.2. The van der Waals surface area contributed by atoms with Crippen molar-refractivity contribution in [3.8, 4) is 0 Å². The van der Waals surface area contributed by atoms with Crippen molar-refractivity contribution in [2.24, 2.45) is 0 Å². The smallest absolute Gasteiger partial charge is 0.133 e. The number of aryl methyl sites for hydroxylation is 2. The SMILES string of the molecule is CNC(CCCc1ccccc1)c1c(F)ccc(C)c1F. The molecule has 0 fully saturated rings. The Morgan fingerprint density at radius 1 is 1.05 bits per heavy atom. The van der Waals surface area contributed by atoms with Gasteiger partial charge in [-0.2, -0.15) is 0 Å². The zero-order valence-corrected chi connectivity index (χ0v) is 12.5. The zero-order chi connectivity index (χ0) is 15.2. The van der Waals surface area contributed by atoms with Gasteiger partial charge in [-0.3, -0.25) is 0 Å². The normalized spacial score (nSPS) is 12.4. The predicted molar refractivity (Wildman–Crippen MR) is 82.3 cm³/mol. The van der Waals surface area contributed by atoms with Crippen LogP contribution >= 0.6 is 0 Å². The van der Waals surface area contributed by atoms with Gasteiger partial charge >= 0.3 is 0 Å². The molecule has 0 heterocycles. The van der Waals surface area contributed by atoms with Gasteiger partial charge in [-0.1, -0.05) is 36.4 Å². The summed E-state index contributed by atoms with van der Waals surface area (Å²) in [5, 5.41) is 3.03. The molecule has 0 spiro atoms. The molecule has 1 nitrogen and oxygen atoms in total. The Morgan fingerprint density at radius 3 is 2.43 bits per heavy atom. The van der Waals surface area contributed by atoms with Crippen LogP contribution in [-0.4, -0.2) is 7.05 Å². The molecule has 21 heavy (non-hydrogen) atoms. The lowest BCUT2D eigenvalue weighted by Gasteiger charge is -2.19. The Labute approximate surface area is 125 Å². The molecule has 0 amide bonds. The van der Waals surface area contributed by atoms with E-state index in [2.05, 4.69) is 17.4 Å². The number of hydrogen-bond acceptors (Lipinski definition) is 1. The van der Waals surface area contributed by atoms with E-state index < -0.39 is 11.6 Å². The van der Waals surface area contributed by atoms with Crippen molar-refractivity contribution >= 4 is 0 Å². The van der Waals surface area contributed by atoms with Gasteiger partial charge in [-0.15, -0.1) is 0 Å². The minimum atomic E-state index is -0.475. The highest BCUT2D eigenvalue weighted by molar-refractivity contribution is 5.29. The molecule has 0 saturated heterocycles. The summed E-state index contributed by atoms with van der Waals surface area (Å²) in [6, 6.07) is 12.7. The quantitative estimate of drug-likeness (QED) is 0.822. The second-order valence-electron chi connectivity index (χ2n) is 5.31. The van der Waals surface area contributed by atoms with E-state index in [1.165, 1.54) is 17.7 Å². The van der Waals surface area contributed by atoms with E-state index in [0.29, 0.717) is 12.0 Å². The molecule has 0 aromatic heterocycles. The first-order valence-corrected chi connectivity index (χ1v) is 7.29. The van der Waals surface area contributed by atoms with E-state index in [1.807, 2.05) is 18.2 Å². The molecule has 2 rings (SSSR count). The van der Waals surface area contributed by atoms with E-state index in [0.717, 1.165) is 12.8 Å². The number of rotatable bonds is 6. The van der Waals surface area contributed by atoms with Gasteiger partial charge < -0.3 is 5.32 Å². The number of hydrogen-bond donors (Lipinski definition) is 1. The molecule has 2 aromatic carbocycles. The van der Waals surface area contributed by atoms with Crippen molar-refractivity contribution in [3.63, 3.8) is 0 Å². The van der Waals surface area contributed by atoms with Gasteiger partial charge in [0.2, 0.25) is 0 Å². The molecule has 1 atom stereocenters. The van der Waals surface area contributed by atoms with Crippen LogP contribution in [-0.2, 0) is 6.42 Å². The van der Waals surface area contributed by atoms with Crippen LogP contribution in [0.15, 0.2) is 42.5 Å². The third kappa shape index (κ3) is 3.88. The molecule has 112 valence electrons. The van der Waals surface area contributed by atoms with Crippen LogP contribution in [0.3, 0.4) is 0 Å². The standard InChI is InChI=1S/C18H21F2N/c1-13-11-12-15(19)17(18(13)20)16(21-2)10-6-9-14-7-4-3-5-8-14/h3-5,7-8,11-12,16,21H,6,9-10H2,1-2H3. The molecule has 2 aromatic rings. The van der Waals surface area contributed by atoms with Crippen molar-refractivity contribution < 1.29 is 8.78 Å². The molecule has 0 bridgehead atoms. The van der Waals surface area contributed by atoms with E-state index in [1.54, 1.807) is 14.0 Å². The average Bonchev–Trinajstić information content (AvgIpc) is 2.50. The maximum Gasteiger partial charge on any atom is 0.133 e. The molecule has 0 saturated carbocycles. The fourth-order valence-corrected chi connectivity index (χ4v) is 2.59. The van der Waals surface area contributed by atoms with Crippen LogP contribution < -0.4 is 5.32 Å². The van der Waals surface area contributed by atoms with Crippen LogP contribution in [0.5, 0.6) is 0 Å². The summed E-state index contributed by atoms with van der Waals surface area (Å²) in [4.78, 5) is 0. The topological polar surface area (TPSA) is 12.0 Å². The second-order valence-corrected chi connectivity index (χ2v) is 5.31. The highest BCUT2D eigenvalue weighted by Gasteiger charge is 2.19. The van der Waals surface area contributed by atoms with Gasteiger partial charge in [-0.05, 0) is 50.4 Å². The number of halogens is 2. The fourth-order valence-electron chi connectivity index (χ4n) is 2.59. The molecule has 0 aliphatic carbocycles. The Balaban J connectivity index is 2.05. The van der Waals surface area contributed by atoms with E-state index in [9.17, 15) is 8.78 Å². The van der Waals surface area contributed by atoms with Crippen molar-refractivity contribution in [3.05, 3.63) is 70.8 Å². The Morgan fingerprint density at radius 2 is 1.76 bits per heavy atom. The molecule has 1 unspecified atom stereocenters. The van der Waals surface area contributed by atoms with Crippen LogP contribution in [0.2, 0.25) is 0 Å². The molecule has 1 N–H and O–H groups in total. The van der Waals surface area contributed by atoms with Crippen molar-refractivity contribution in [1.29, 1.82) is 0 Å². The molecule has 0 radical (unpaired) electrons. The van der Waals surface area contributed by atoms with Gasteiger partial charge in [0.25, 0.3) is 0 Å². The maximum atomic E-state index is 14.2. The minimum absolute atomic E-state index is 0.158. The summed E-state index contributed by atoms with van der Waals surface area (Å²) in [6.45, 7) is 1.66. The summed E-state index contributed by atoms with van der Waals surface area (Å²) in [7, 11) is 1.74. The predicted octanol–water partition coefficient (Wildman–Crippen LogP) is 4.56. The minimum Gasteiger partial charge on any atom is -0.313 e. The van der Waals surface area contributed by atoms with E-state index in [-0.39, 0.29) is 11.6 Å². The molecule has 0 aliphatic rings. The Kier molecular flexibility index (Phi) is 5.45. The first kappa shape index (κ1) is 15.6. The van der Waals surface area contributed by atoms with Gasteiger partial charge in [0, 0.05) is 11.6 Å². The molecular weight excluding hydrogens is 268 g/mol. The first-order valence-electron chi connectivity index (χ1n) is 7.29. The Bertz CT molecular complexity index is 581. The highest BCUT2D eigenvalue weighted by Crippen LogP contribution is 2.26. The van der Waals surface area contributed by atoms with Crippen LogP contribution in [0.25, 0.3) is 0 Å². The summed E-state index contributed by atoms with van der Waals surface area (Å²) in [6.07, 6.45) is 2.49. The lowest BCUT2D eigenvalue weighted by molar-refractivity contribution is 0.459. The lowest BCUT2D eigenvalue weighted by atomic mass is 9.96. The molecule has 3 heteroatoms. The van der Waals surface area contributed by atoms with Crippen molar-refractivity contribution in [2.45, 2.75) is 32.2 Å². The highest BCUT2D eigenvalue weighted by atomic mass is 19.1. The third-order valence-corrected chi connectivity index (χ3v) is 3.82. The molecular formula is C18H21F2N. The summed E-state index contributed by atoms with van der Waals surface area (Å²) >= 11 is 0. The Hall–Kier alpha value is -1.74. The van der Waals surface area contributed by atoms with Crippen LogP contribution in [0.1, 0.15) is 35.6 Å². The fraction of sp³-hybridized carbons (Fsp3) is 0.333. The van der Waals surface area contributed by atoms with Crippen molar-refractivity contribution in [2.75, 3.05) is 7.05 Å². The summed E-state index contributed by atoms with van der Waals surface area (Å²) in [5.41, 5.74) is 1.89. The third-order valence-electron chi connectivity index (χ3n) is 3.82. The van der Waals surface area contributed by atoms with Gasteiger partial charge in [-0.25, -0.2) is 8.78 Å². The van der Waals surface area contributed by atoms with Gasteiger partial charge in [0.05, 0.1) is 0 Å². The zero-order valence-electron chi connectivity index (χ0n) is 12.5. The lowest BCUT2D eigenvalue weighted by Crippen LogP contribution is -2.20. The largest absolute Gasteiger partial charge is 0.313 e. The van der Waals surface area contributed by atoms with Gasteiger partial charge in [0.1, 0.15) is 11.6 Å².